The van der Waals surface area contributed by atoms with Crippen molar-refractivity contribution in [2.75, 3.05) is 6.54 Å². The number of carbonyl (C=O) groups excluding carboxylic acids is 1. The molecule has 2 rings (SSSR count). The smallest absolute Gasteiger partial charge is 0.263 e. The maximum absolute atomic E-state index is 13.5. The summed E-state index contributed by atoms with van der Waals surface area (Å²) in [6.07, 6.45) is 3.11. The molecule has 1 atom stereocenters. The lowest BCUT2D eigenvalue weighted by Gasteiger charge is -2.25. The van der Waals surface area contributed by atoms with Gasteiger partial charge in [0.1, 0.15) is 11.5 Å². The zero-order valence-electron chi connectivity index (χ0n) is 17.9. The first-order chi connectivity index (χ1) is 14.7. The van der Waals surface area contributed by atoms with Crippen LogP contribution in [0.15, 0.2) is 52.7 Å². The largest absolute Gasteiger partial charge is 0.405 e. The standard InChI is InChI=1S/C20H25F3N4O.C2H5N/c1-12(8-14-9-15(20(22)23)11-16(21)10-14)6-7-25-17-4-3-5-18(19(17)27-24)26-13(2)28;1-2-3/h6,9-11,18,20H,3-5,7-8,24H2,1-2H3,(H,26,28);2H,1,3H2/b12-6+,25-17?,27-19+;. The maximum atomic E-state index is 13.5. The molecule has 1 aliphatic rings. The molecule has 6 nitrogen and oxygen atoms in total. The number of hydrogen-bond donors (Lipinski definition) is 3. The fourth-order valence-electron chi connectivity index (χ4n) is 3.26. The van der Waals surface area contributed by atoms with Gasteiger partial charge in [-0.1, -0.05) is 18.2 Å². The van der Waals surface area contributed by atoms with Crippen LogP contribution in [0.1, 0.15) is 50.7 Å². The van der Waals surface area contributed by atoms with E-state index in [1.807, 2.05) is 13.0 Å². The first kappa shape index (κ1) is 25.9. The normalized spacial score (nSPS) is 19.2. The van der Waals surface area contributed by atoms with Crippen LogP contribution >= 0.6 is 0 Å². The third kappa shape index (κ3) is 9.06. The Morgan fingerprint density at radius 2 is 2.03 bits per heavy atom. The van der Waals surface area contributed by atoms with Crippen LogP contribution in [-0.2, 0) is 11.2 Å². The van der Waals surface area contributed by atoms with Crippen molar-refractivity contribution >= 4 is 17.3 Å². The Hall–Kier alpha value is -3.10. The van der Waals surface area contributed by atoms with Crippen LogP contribution in [0.5, 0.6) is 0 Å². The zero-order valence-corrected chi connectivity index (χ0v) is 17.9. The summed E-state index contributed by atoms with van der Waals surface area (Å²) in [5.41, 5.74) is 7.00. The van der Waals surface area contributed by atoms with E-state index in [0.717, 1.165) is 36.6 Å². The van der Waals surface area contributed by atoms with E-state index in [2.05, 4.69) is 27.7 Å². The van der Waals surface area contributed by atoms with E-state index in [1.54, 1.807) is 0 Å². The van der Waals surface area contributed by atoms with Crippen molar-refractivity contribution in [3.63, 3.8) is 0 Å². The number of aliphatic imine (C=N–C) groups is 1. The molecule has 0 heterocycles. The number of alkyl halides is 2. The zero-order chi connectivity index (χ0) is 23.4. The summed E-state index contributed by atoms with van der Waals surface area (Å²) in [5, 5.41) is 6.62. The van der Waals surface area contributed by atoms with Crippen molar-refractivity contribution < 1.29 is 18.0 Å². The van der Waals surface area contributed by atoms with Gasteiger partial charge in [0.2, 0.25) is 5.91 Å². The van der Waals surface area contributed by atoms with Gasteiger partial charge in [-0.25, -0.2) is 13.2 Å². The molecular formula is C22H30F3N5O. The quantitative estimate of drug-likeness (QED) is 0.358. The van der Waals surface area contributed by atoms with Gasteiger partial charge in [0, 0.05) is 12.5 Å². The van der Waals surface area contributed by atoms with Crippen LogP contribution in [0.3, 0.4) is 0 Å². The number of nitrogens with one attached hydrogen (secondary N) is 1. The highest BCUT2D eigenvalue weighted by atomic mass is 19.3. The molecule has 1 aromatic rings. The highest BCUT2D eigenvalue weighted by Gasteiger charge is 2.26. The SMILES string of the molecule is C=CN.CC(=O)NC1CCCC(=NC/C=C(\C)Cc2cc(F)cc(C(F)F)c2)/C1=N\N. The minimum Gasteiger partial charge on any atom is -0.405 e. The van der Waals surface area contributed by atoms with Gasteiger partial charge >= 0.3 is 0 Å². The number of hydrazone groups is 1. The number of nitrogens with zero attached hydrogens (tertiary/aromatic N) is 2. The predicted octanol–water partition coefficient (Wildman–Crippen LogP) is 3.79. The number of amides is 1. The Morgan fingerprint density at radius 1 is 1.35 bits per heavy atom. The minimum atomic E-state index is -2.71. The molecule has 1 saturated carbocycles. The third-order valence-electron chi connectivity index (χ3n) is 4.49. The van der Waals surface area contributed by atoms with Crippen LogP contribution in [0.2, 0.25) is 0 Å². The van der Waals surface area contributed by atoms with Crippen LogP contribution in [0, 0.1) is 5.82 Å². The van der Waals surface area contributed by atoms with Gasteiger partial charge in [0.25, 0.3) is 6.43 Å². The summed E-state index contributed by atoms with van der Waals surface area (Å²) in [6, 6.07) is 3.18. The number of nitrogens with two attached hydrogens (primary N) is 2. The number of carbonyl (C=O) groups is 1. The molecule has 9 heteroatoms. The summed E-state index contributed by atoms with van der Waals surface area (Å²) >= 11 is 0. The molecule has 31 heavy (non-hydrogen) atoms. The highest BCUT2D eigenvalue weighted by molar-refractivity contribution is 6.44. The predicted molar refractivity (Wildman–Crippen MR) is 119 cm³/mol. The molecule has 0 aromatic heterocycles. The average molecular weight is 438 g/mol. The van der Waals surface area contributed by atoms with Gasteiger partial charge in [-0.05, 0) is 62.6 Å². The molecule has 1 aromatic carbocycles. The number of benzene rings is 1. The number of halogens is 3. The Balaban J connectivity index is 0.00000151. The van der Waals surface area contributed by atoms with Crippen LogP contribution in [-0.4, -0.2) is 29.9 Å². The molecular weight excluding hydrogens is 407 g/mol. The summed E-state index contributed by atoms with van der Waals surface area (Å²) in [6.45, 7) is 6.79. The van der Waals surface area contributed by atoms with Gasteiger partial charge in [-0.2, -0.15) is 5.10 Å². The van der Waals surface area contributed by atoms with Gasteiger partial charge in [0.05, 0.1) is 18.3 Å². The molecule has 0 radical (unpaired) electrons. The van der Waals surface area contributed by atoms with Crippen LogP contribution in [0.4, 0.5) is 13.2 Å². The van der Waals surface area contributed by atoms with Gasteiger partial charge in [-0.15, -0.1) is 0 Å². The number of hydrogen-bond acceptors (Lipinski definition) is 5. The monoisotopic (exact) mass is 437 g/mol. The third-order valence-corrected chi connectivity index (χ3v) is 4.49. The van der Waals surface area contributed by atoms with E-state index in [0.29, 0.717) is 24.2 Å². The molecule has 1 unspecified atom stereocenters. The first-order valence-corrected chi connectivity index (χ1v) is 9.86. The van der Waals surface area contributed by atoms with E-state index in [4.69, 9.17) is 5.84 Å². The minimum absolute atomic E-state index is 0.151. The Kier molecular flexibility index (Phi) is 11.1. The number of rotatable bonds is 6. The maximum Gasteiger partial charge on any atom is 0.263 e. The summed E-state index contributed by atoms with van der Waals surface area (Å²) < 4.78 is 39.1. The molecule has 1 amide bonds. The van der Waals surface area contributed by atoms with Crippen molar-refractivity contribution in [2.24, 2.45) is 21.7 Å². The van der Waals surface area contributed by atoms with Crippen LogP contribution in [0.25, 0.3) is 0 Å². The Bertz CT molecular complexity index is 850. The topological polar surface area (TPSA) is 106 Å². The van der Waals surface area contributed by atoms with Crippen LogP contribution < -0.4 is 16.9 Å². The van der Waals surface area contributed by atoms with Crippen molar-refractivity contribution in [3.8, 4) is 0 Å². The molecule has 1 fully saturated rings. The van der Waals surface area contributed by atoms with Crippen molar-refractivity contribution in [1.29, 1.82) is 0 Å². The second kappa shape index (κ2) is 13.3. The van der Waals surface area contributed by atoms with E-state index < -0.39 is 12.2 Å². The molecule has 5 N–H and O–H groups in total. The first-order valence-electron chi connectivity index (χ1n) is 9.86. The van der Waals surface area contributed by atoms with E-state index in [-0.39, 0.29) is 17.5 Å². The second-order valence-corrected chi connectivity index (χ2v) is 7.10. The summed E-state index contributed by atoms with van der Waals surface area (Å²) in [5.74, 6) is 4.67. The van der Waals surface area contributed by atoms with E-state index in [1.165, 1.54) is 25.3 Å². The van der Waals surface area contributed by atoms with Crippen molar-refractivity contribution in [2.45, 2.75) is 52.0 Å². The molecule has 0 bridgehead atoms. The Morgan fingerprint density at radius 3 is 2.61 bits per heavy atom. The molecule has 170 valence electrons. The molecule has 0 aliphatic heterocycles. The lowest BCUT2D eigenvalue weighted by atomic mass is 9.91. The second-order valence-electron chi connectivity index (χ2n) is 7.10. The Labute approximate surface area is 181 Å². The lowest BCUT2D eigenvalue weighted by Crippen LogP contribution is -2.46. The van der Waals surface area contributed by atoms with Gasteiger partial charge in [-0.3, -0.25) is 9.79 Å². The van der Waals surface area contributed by atoms with E-state index >= 15 is 0 Å². The fraction of sp³-hybridized carbons (Fsp3) is 0.409. The molecule has 0 saturated heterocycles. The highest BCUT2D eigenvalue weighted by Crippen LogP contribution is 2.22. The molecule has 0 spiro atoms. The van der Waals surface area contributed by atoms with Gasteiger partial charge < -0.3 is 16.9 Å². The van der Waals surface area contributed by atoms with Crippen molar-refractivity contribution in [3.05, 3.63) is 59.6 Å². The van der Waals surface area contributed by atoms with Gasteiger partial charge in [0.15, 0.2) is 0 Å². The fourth-order valence-corrected chi connectivity index (χ4v) is 3.26. The summed E-state index contributed by atoms with van der Waals surface area (Å²) in [4.78, 5) is 15.8. The number of allylic oxidation sites excluding steroid dienone is 1. The van der Waals surface area contributed by atoms with Crippen molar-refractivity contribution in [1.82, 2.24) is 5.32 Å². The summed E-state index contributed by atoms with van der Waals surface area (Å²) in [7, 11) is 0. The molecule has 1 aliphatic carbocycles. The lowest BCUT2D eigenvalue weighted by molar-refractivity contribution is -0.119. The average Bonchev–Trinajstić information content (AvgIpc) is 2.68. The van der Waals surface area contributed by atoms with E-state index in [9.17, 15) is 18.0 Å².